The standard InChI is InChI=1S/C30H36BrN3O4S/c1-6-23(4)32-30(36)24(5)33(19-25-11-10-12-26(31)18-25)29(35)20-34(28-17-21(2)15-16-22(28)3)39(37,38)27-13-8-7-9-14-27/h7-18,23-24H,6,19-20H2,1-5H3,(H,32,36)/t23-,24-/m1/s1. The average molecular weight is 615 g/mol. The van der Waals surface area contributed by atoms with Gasteiger partial charge in [-0.1, -0.05) is 65.3 Å². The average Bonchev–Trinajstić information content (AvgIpc) is 2.91. The van der Waals surface area contributed by atoms with Gasteiger partial charge >= 0.3 is 0 Å². The second-order valence-electron chi connectivity index (χ2n) is 9.76. The number of rotatable bonds is 11. The summed E-state index contributed by atoms with van der Waals surface area (Å²) in [5.41, 5.74) is 2.81. The molecule has 9 heteroatoms. The molecule has 0 unspecified atom stereocenters. The number of benzene rings is 3. The monoisotopic (exact) mass is 613 g/mol. The fourth-order valence-corrected chi connectivity index (χ4v) is 6.04. The lowest BCUT2D eigenvalue weighted by Crippen LogP contribution is -2.52. The van der Waals surface area contributed by atoms with Crippen LogP contribution in [0.25, 0.3) is 0 Å². The molecule has 3 rings (SSSR count). The van der Waals surface area contributed by atoms with E-state index in [2.05, 4.69) is 21.2 Å². The van der Waals surface area contributed by atoms with E-state index >= 15 is 0 Å². The van der Waals surface area contributed by atoms with E-state index in [4.69, 9.17) is 0 Å². The Balaban J connectivity index is 2.06. The number of halogens is 1. The van der Waals surface area contributed by atoms with E-state index in [1.165, 1.54) is 17.0 Å². The summed E-state index contributed by atoms with van der Waals surface area (Å²) in [4.78, 5) is 28.7. The quantitative estimate of drug-likeness (QED) is 0.305. The van der Waals surface area contributed by atoms with Crippen LogP contribution in [0.3, 0.4) is 0 Å². The summed E-state index contributed by atoms with van der Waals surface area (Å²) in [5, 5.41) is 2.95. The Morgan fingerprint density at radius 3 is 2.28 bits per heavy atom. The van der Waals surface area contributed by atoms with E-state index in [0.717, 1.165) is 26.3 Å². The van der Waals surface area contributed by atoms with E-state index in [9.17, 15) is 18.0 Å². The summed E-state index contributed by atoms with van der Waals surface area (Å²) in [6.45, 7) is 8.90. The first-order valence-corrected chi connectivity index (χ1v) is 15.2. The van der Waals surface area contributed by atoms with Gasteiger partial charge in [0.1, 0.15) is 12.6 Å². The van der Waals surface area contributed by atoms with Gasteiger partial charge < -0.3 is 10.2 Å². The van der Waals surface area contributed by atoms with Crippen molar-refractivity contribution in [3.63, 3.8) is 0 Å². The first-order valence-electron chi connectivity index (χ1n) is 12.9. The highest BCUT2D eigenvalue weighted by molar-refractivity contribution is 9.10. The normalized spacial score (nSPS) is 12.9. The van der Waals surface area contributed by atoms with E-state index in [-0.39, 0.29) is 23.4 Å². The maximum absolute atomic E-state index is 14.0. The predicted octanol–water partition coefficient (Wildman–Crippen LogP) is 5.59. The van der Waals surface area contributed by atoms with Crippen LogP contribution in [-0.4, -0.2) is 43.8 Å². The van der Waals surface area contributed by atoms with Crippen LogP contribution in [0.5, 0.6) is 0 Å². The van der Waals surface area contributed by atoms with Crippen LogP contribution in [0.4, 0.5) is 5.69 Å². The lowest BCUT2D eigenvalue weighted by Gasteiger charge is -2.33. The molecule has 0 aliphatic carbocycles. The highest BCUT2D eigenvalue weighted by Crippen LogP contribution is 2.28. The van der Waals surface area contributed by atoms with Crippen molar-refractivity contribution >= 4 is 43.5 Å². The van der Waals surface area contributed by atoms with Crippen molar-refractivity contribution in [1.29, 1.82) is 0 Å². The van der Waals surface area contributed by atoms with Gasteiger partial charge in [-0.2, -0.15) is 0 Å². The second kappa shape index (κ2) is 13.3. The van der Waals surface area contributed by atoms with Crippen LogP contribution in [0.2, 0.25) is 0 Å². The van der Waals surface area contributed by atoms with E-state index in [1.54, 1.807) is 31.2 Å². The molecule has 0 aliphatic heterocycles. The SMILES string of the molecule is CC[C@@H](C)NC(=O)[C@@H](C)N(Cc1cccc(Br)c1)C(=O)CN(c1cc(C)ccc1C)S(=O)(=O)c1ccccc1. The molecule has 39 heavy (non-hydrogen) atoms. The largest absolute Gasteiger partial charge is 0.352 e. The molecule has 1 N–H and O–H groups in total. The fraction of sp³-hybridized carbons (Fsp3) is 0.333. The number of nitrogens with one attached hydrogen (secondary N) is 1. The molecule has 3 aromatic carbocycles. The smallest absolute Gasteiger partial charge is 0.264 e. The molecule has 2 atom stereocenters. The van der Waals surface area contributed by atoms with E-state index in [1.807, 2.05) is 64.1 Å². The van der Waals surface area contributed by atoms with E-state index in [0.29, 0.717) is 11.3 Å². The zero-order valence-corrected chi connectivity index (χ0v) is 25.4. The molecule has 0 spiro atoms. The third-order valence-electron chi connectivity index (χ3n) is 6.65. The Bertz CT molecular complexity index is 1410. The van der Waals surface area contributed by atoms with Crippen LogP contribution >= 0.6 is 15.9 Å². The summed E-state index contributed by atoms with van der Waals surface area (Å²) in [7, 11) is -4.09. The van der Waals surface area contributed by atoms with Gasteiger partial charge in [-0.25, -0.2) is 8.42 Å². The van der Waals surface area contributed by atoms with Gasteiger partial charge in [0.2, 0.25) is 11.8 Å². The fourth-order valence-electron chi connectivity index (χ4n) is 4.10. The first-order chi connectivity index (χ1) is 18.4. The molecule has 0 bridgehead atoms. The van der Waals surface area contributed by atoms with Crippen molar-refractivity contribution in [3.8, 4) is 0 Å². The van der Waals surface area contributed by atoms with Crippen molar-refractivity contribution < 1.29 is 18.0 Å². The molecule has 0 aliphatic rings. The highest BCUT2D eigenvalue weighted by atomic mass is 79.9. The summed E-state index contributed by atoms with van der Waals surface area (Å²) in [6.07, 6.45) is 0.744. The summed E-state index contributed by atoms with van der Waals surface area (Å²) in [6, 6.07) is 20.2. The number of hydrogen-bond acceptors (Lipinski definition) is 4. The summed E-state index contributed by atoms with van der Waals surface area (Å²) in [5.74, 6) is -0.779. The topological polar surface area (TPSA) is 86.8 Å². The van der Waals surface area contributed by atoms with Crippen molar-refractivity contribution in [2.45, 2.75) is 64.6 Å². The van der Waals surface area contributed by atoms with Gasteiger partial charge in [-0.05, 0) is 81.1 Å². The zero-order chi connectivity index (χ0) is 28.7. The minimum absolute atomic E-state index is 0.0623. The molecule has 7 nitrogen and oxygen atoms in total. The minimum Gasteiger partial charge on any atom is -0.352 e. The number of amides is 2. The van der Waals surface area contributed by atoms with E-state index < -0.39 is 28.5 Å². The summed E-state index contributed by atoms with van der Waals surface area (Å²) >= 11 is 3.46. The van der Waals surface area contributed by atoms with Gasteiger partial charge in [-0.15, -0.1) is 0 Å². The lowest BCUT2D eigenvalue weighted by atomic mass is 10.1. The van der Waals surface area contributed by atoms with Crippen molar-refractivity contribution in [2.75, 3.05) is 10.8 Å². The predicted molar refractivity (Wildman–Crippen MR) is 159 cm³/mol. The number of carbonyl (C=O) groups is 2. The molecule has 3 aromatic rings. The Morgan fingerprint density at radius 1 is 0.949 bits per heavy atom. The molecule has 0 aromatic heterocycles. The van der Waals surface area contributed by atoms with Gasteiger partial charge in [0.05, 0.1) is 10.6 Å². The van der Waals surface area contributed by atoms with Crippen molar-refractivity contribution in [1.82, 2.24) is 10.2 Å². The Kier molecular flexibility index (Phi) is 10.3. The number of aryl methyl sites for hydroxylation is 2. The molecule has 0 heterocycles. The Hall–Kier alpha value is -3.17. The Morgan fingerprint density at radius 2 is 1.64 bits per heavy atom. The van der Waals surface area contributed by atoms with Crippen molar-refractivity contribution in [2.24, 2.45) is 0 Å². The first kappa shape index (κ1) is 30.4. The number of anilines is 1. The van der Waals surface area contributed by atoms with Crippen molar-refractivity contribution in [3.05, 3.63) is 94.0 Å². The van der Waals surface area contributed by atoms with Gasteiger partial charge in [-0.3, -0.25) is 13.9 Å². The lowest BCUT2D eigenvalue weighted by molar-refractivity contribution is -0.139. The maximum atomic E-state index is 14.0. The number of nitrogens with zero attached hydrogens (tertiary/aromatic N) is 2. The van der Waals surface area contributed by atoms with Crippen LogP contribution in [0.15, 0.2) is 82.2 Å². The molecule has 0 saturated heterocycles. The molecule has 0 fully saturated rings. The van der Waals surface area contributed by atoms with Gasteiger partial charge in [0, 0.05) is 17.1 Å². The second-order valence-corrected chi connectivity index (χ2v) is 12.5. The number of sulfonamides is 1. The van der Waals surface area contributed by atoms with Crippen LogP contribution in [0, 0.1) is 13.8 Å². The zero-order valence-electron chi connectivity index (χ0n) is 23.0. The highest BCUT2D eigenvalue weighted by Gasteiger charge is 2.33. The molecule has 2 amide bonds. The number of hydrogen-bond donors (Lipinski definition) is 1. The van der Waals surface area contributed by atoms with Gasteiger partial charge in [0.25, 0.3) is 10.0 Å². The molecule has 208 valence electrons. The molecule has 0 saturated carbocycles. The third-order valence-corrected chi connectivity index (χ3v) is 8.92. The van der Waals surface area contributed by atoms with Gasteiger partial charge in [0.15, 0.2) is 0 Å². The Labute approximate surface area is 240 Å². The van der Waals surface area contributed by atoms with Crippen LogP contribution < -0.4 is 9.62 Å². The number of carbonyl (C=O) groups excluding carboxylic acids is 2. The molecular formula is C30H36BrN3O4S. The molecule has 0 radical (unpaired) electrons. The van der Waals surface area contributed by atoms with Crippen LogP contribution in [-0.2, 0) is 26.2 Å². The minimum atomic E-state index is -4.09. The maximum Gasteiger partial charge on any atom is 0.264 e. The van der Waals surface area contributed by atoms with Crippen LogP contribution in [0.1, 0.15) is 43.9 Å². The third kappa shape index (κ3) is 7.70. The summed E-state index contributed by atoms with van der Waals surface area (Å²) < 4.78 is 29.8. The molecular weight excluding hydrogens is 578 g/mol.